The van der Waals surface area contributed by atoms with Gasteiger partial charge >= 0.3 is 0 Å². The van der Waals surface area contributed by atoms with E-state index in [1.807, 2.05) is 24.3 Å². The van der Waals surface area contributed by atoms with Crippen molar-refractivity contribution in [3.8, 4) is 0 Å². The van der Waals surface area contributed by atoms with E-state index in [2.05, 4.69) is 22.6 Å². The van der Waals surface area contributed by atoms with Gasteiger partial charge in [-0.2, -0.15) is 0 Å². The summed E-state index contributed by atoms with van der Waals surface area (Å²) in [5.41, 5.74) is 7.98. The van der Waals surface area contributed by atoms with E-state index in [9.17, 15) is 10.1 Å². The lowest BCUT2D eigenvalue weighted by Gasteiger charge is -2.14. The number of para-hydroxylation sites is 1. The minimum atomic E-state index is -0.363. The summed E-state index contributed by atoms with van der Waals surface area (Å²) in [6, 6.07) is 14.3. The molecule has 4 nitrogen and oxygen atoms in total. The lowest BCUT2D eigenvalue weighted by molar-refractivity contribution is -0.385. The molecule has 0 heterocycles. The minimum Gasteiger partial charge on any atom is -0.324 e. The third-order valence-corrected chi connectivity index (χ3v) is 3.92. The highest BCUT2D eigenvalue weighted by Crippen LogP contribution is 2.25. The molecule has 2 N–H and O–H groups in total. The molecule has 5 heteroatoms. The van der Waals surface area contributed by atoms with Gasteiger partial charge in [-0.1, -0.05) is 36.4 Å². The van der Waals surface area contributed by atoms with E-state index in [0.717, 1.165) is 9.13 Å². The van der Waals surface area contributed by atoms with Crippen molar-refractivity contribution in [1.29, 1.82) is 0 Å². The number of nitrogens with two attached hydrogens (primary N) is 1. The number of rotatable bonds is 4. The Morgan fingerprint density at radius 3 is 2.47 bits per heavy atom. The normalized spacial score (nSPS) is 12.1. The molecule has 0 aliphatic heterocycles. The Labute approximate surface area is 124 Å². The SMILES string of the molecule is NC(Cc1ccccc1[N+](=O)[O-])c1ccccc1I. The van der Waals surface area contributed by atoms with E-state index in [1.165, 1.54) is 6.07 Å². The maximum atomic E-state index is 11.0. The number of nitrogens with zero attached hydrogens (tertiary/aromatic N) is 1. The van der Waals surface area contributed by atoms with Crippen LogP contribution in [0.3, 0.4) is 0 Å². The smallest absolute Gasteiger partial charge is 0.272 e. The second kappa shape index (κ2) is 6.12. The van der Waals surface area contributed by atoms with Gasteiger partial charge in [0.2, 0.25) is 0 Å². The number of benzene rings is 2. The average Bonchev–Trinajstić information content (AvgIpc) is 2.39. The van der Waals surface area contributed by atoms with Crippen LogP contribution in [0.5, 0.6) is 0 Å². The van der Waals surface area contributed by atoms with Crippen molar-refractivity contribution >= 4 is 28.3 Å². The van der Waals surface area contributed by atoms with Crippen molar-refractivity contribution in [3.63, 3.8) is 0 Å². The van der Waals surface area contributed by atoms with Gasteiger partial charge in [-0.25, -0.2) is 0 Å². The highest BCUT2D eigenvalue weighted by molar-refractivity contribution is 14.1. The molecular weight excluding hydrogens is 355 g/mol. The fourth-order valence-electron chi connectivity index (χ4n) is 1.98. The van der Waals surface area contributed by atoms with Gasteiger partial charge in [0.05, 0.1) is 4.92 Å². The van der Waals surface area contributed by atoms with Gasteiger partial charge in [0.15, 0.2) is 0 Å². The predicted octanol–water partition coefficient (Wildman–Crippen LogP) is 3.44. The van der Waals surface area contributed by atoms with Crippen molar-refractivity contribution in [1.82, 2.24) is 0 Å². The molecule has 0 saturated carbocycles. The largest absolute Gasteiger partial charge is 0.324 e. The van der Waals surface area contributed by atoms with Gasteiger partial charge < -0.3 is 5.73 Å². The van der Waals surface area contributed by atoms with Crippen LogP contribution in [0, 0.1) is 13.7 Å². The van der Waals surface area contributed by atoms with Gasteiger partial charge in [0.25, 0.3) is 5.69 Å². The summed E-state index contributed by atoms with van der Waals surface area (Å²) in [7, 11) is 0. The molecule has 1 unspecified atom stereocenters. The average molecular weight is 368 g/mol. The fourth-order valence-corrected chi connectivity index (χ4v) is 2.77. The van der Waals surface area contributed by atoms with Crippen LogP contribution in [-0.4, -0.2) is 4.92 Å². The topological polar surface area (TPSA) is 69.2 Å². The first-order chi connectivity index (χ1) is 9.09. The van der Waals surface area contributed by atoms with E-state index < -0.39 is 0 Å². The van der Waals surface area contributed by atoms with E-state index in [4.69, 9.17) is 5.73 Å². The van der Waals surface area contributed by atoms with Gasteiger partial charge in [0.1, 0.15) is 0 Å². The number of nitro benzene ring substituents is 1. The van der Waals surface area contributed by atoms with Crippen molar-refractivity contribution in [2.24, 2.45) is 5.73 Å². The van der Waals surface area contributed by atoms with Crippen LogP contribution >= 0.6 is 22.6 Å². The monoisotopic (exact) mass is 368 g/mol. The Hall–Kier alpha value is -1.47. The zero-order valence-corrected chi connectivity index (χ0v) is 12.3. The minimum absolute atomic E-state index is 0.129. The van der Waals surface area contributed by atoms with Crippen LogP contribution in [0.2, 0.25) is 0 Å². The molecule has 2 aromatic rings. The van der Waals surface area contributed by atoms with Crippen molar-refractivity contribution in [2.75, 3.05) is 0 Å². The van der Waals surface area contributed by atoms with Gasteiger partial charge in [-0.15, -0.1) is 0 Å². The van der Waals surface area contributed by atoms with Crippen molar-refractivity contribution in [3.05, 3.63) is 73.3 Å². The summed E-state index contributed by atoms with van der Waals surface area (Å²) < 4.78 is 1.08. The van der Waals surface area contributed by atoms with Crippen LogP contribution < -0.4 is 5.73 Å². The predicted molar refractivity (Wildman–Crippen MR) is 82.9 cm³/mol. The Morgan fingerprint density at radius 2 is 1.79 bits per heavy atom. The van der Waals surface area contributed by atoms with E-state index in [1.54, 1.807) is 18.2 Å². The summed E-state index contributed by atoms with van der Waals surface area (Å²) in [5, 5.41) is 11.0. The summed E-state index contributed by atoms with van der Waals surface area (Å²) in [6.45, 7) is 0. The van der Waals surface area contributed by atoms with Crippen LogP contribution in [-0.2, 0) is 6.42 Å². The molecule has 2 rings (SSSR count). The molecule has 0 spiro atoms. The fraction of sp³-hybridized carbons (Fsp3) is 0.143. The molecule has 0 aromatic heterocycles. The summed E-state index contributed by atoms with van der Waals surface area (Å²) in [6.07, 6.45) is 0.456. The Kier molecular flexibility index (Phi) is 4.49. The second-order valence-electron chi connectivity index (χ2n) is 4.22. The summed E-state index contributed by atoms with van der Waals surface area (Å²) >= 11 is 2.23. The van der Waals surface area contributed by atoms with Gasteiger partial charge in [-0.3, -0.25) is 10.1 Å². The first-order valence-corrected chi connectivity index (χ1v) is 6.89. The lowest BCUT2D eigenvalue weighted by atomic mass is 9.99. The quantitative estimate of drug-likeness (QED) is 0.511. The number of hydrogen-bond acceptors (Lipinski definition) is 3. The van der Waals surface area contributed by atoms with Crippen LogP contribution in [0.4, 0.5) is 5.69 Å². The molecule has 0 saturated heterocycles. The lowest BCUT2D eigenvalue weighted by Crippen LogP contribution is -2.15. The Balaban J connectivity index is 2.27. The first kappa shape index (κ1) is 14.0. The number of hydrogen-bond donors (Lipinski definition) is 1. The maximum absolute atomic E-state index is 11.0. The molecule has 0 aliphatic carbocycles. The van der Waals surface area contributed by atoms with Gasteiger partial charge in [0, 0.05) is 21.2 Å². The third-order valence-electron chi connectivity index (χ3n) is 2.93. The van der Waals surface area contributed by atoms with Crippen LogP contribution in [0.15, 0.2) is 48.5 Å². The second-order valence-corrected chi connectivity index (χ2v) is 5.38. The zero-order valence-electron chi connectivity index (χ0n) is 10.1. The molecule has 0 fully saturated rings. The molecular formula is C14H13IN2O2. The highest BCUT2D eigenvalue weighted by Gasteiger charge is 2.17. The first-order valence-electron chi connectivity index (χ1n) is 5.82. The van der Waals surface area contributed by atoms with E-state index in [-0.39, 0.29) is 16.7 Å². The molecule has 0 radical (unpaired) electrons. The molecule has 0 bridgehead atoms. The molecule has 98 valence electrons. The molecule has 2 aromatic carbocycles. The maximum Gasteiger partial charge on any atom is 0.272 e. The Morgan fingerprint density at radius 1 is 1.16 bits per heavy atom. The summed E-state index contributed by atoms with van der Waals surface area (Å²) in [5.74, 6) is 0. The van der Waals surface area contributed by atoms with Crippen LogP contribution in [0.1, 0.15) is 17.2 Å². The number of nitro groups is 1. The van der Waals surface area contributed by atoms with Crippen LogP contribution in [0.25, 0.3) is 0 Å². The van der Waals surface area contributed by atoms with E-state index in [0.29, 0.717) is 12.0 Å². The summed E-state index contributed by atoms with van der Waals surface area (Å²) in [4.78, 5) is 10.6. The zero-order chi connectivity index (χ0) is 13.8. The highest BCUT2D eigenvalue weighted by atomic mass is 127. The van der Waals surface area contributed by atoms with Crippen molar-refractivity contribution < 1.29 is 4.92 Å². The van der Waals surface area contributed by atoms with Gasteiger partial charge in [-0.05, 0) is 40.6 Å². The molecule has 1 atom stereocenters. The molecule has 0 amide bonds. The number of halogens is 1. The van der Waals surface area contributed by atoms with E-state index >= 15 is 0 Å². The third kappa shape index (κ3) is 3.30. The van der Waals surface area contributed by atoms with Crippen molar-refractivity contribution in [2.45, 2.75) is 12.5 Å². The molecule has 0 aliphatic rings. The molecule has 19 heavy (non-hydrogen) atoms. The standard InChI is InChI=1S/C14H13IN2O2/c15-12-7-3-2-6-11(12)13(16)9-10-5-1-4-8-14(10)17(18)19/h1-8,13H,9,16H2. The Bertz CT molecular complexity index is 602.